The third-order valence-corrected chi connectivity index (χ3v) is 7.35. The Kier molecular flexibility index (Phi) is 11.0. The van der Waals surface area contributed by atoms with E-state index >= 15 is 0 Å². The van der Waals surface area contributed by atoms with E-state index in [1.54, 1.807) is 19.4 Å². The summed E-state index contributed by atoms with van der Waals surface area (Å²) in [4.78, 5) is 31.0. The number of carbonyl (C=O) groups is 2. The zero-order valence-corrected chi connectivity index (χ0v) is 23.6. The molecule has 0 aliphatic heterocycles. The molecular weight excluding hydrogens is 498 g/mol. The van der Waals surface area contributed by atoms with Crippen molar-refractivity contribution in [3.05, 3.63) is 81.0 Å². The number of amides is 2. The fourth-order valence-corrected chi connectivity index (χ4v) is 4.81. The van der Waals surface area contributed by atoms with E-state index < -0.39 is 0 Å². The number of anilines is 1. The molecule has 0 fully saturated rings. The van der Waals surface area contributed by atoms with E-state index in [0.717, 1.165) is 55.2 Å². The number of carbonyl (C=O) groups excluding carboxylic acids is 2. The molecule has 1 heterocycles. The second-order valence-electron chi connectivity index (χ2n) is 9.01. The van der Waals surface area contributed by atoms with Crippen LogP contribution in [0, 0.1) is 6.92 Å². The Morgan fingerprint density at radius 2 is 1.79 bits per heavy atom. The Bertz CT molecular complexity index is 1240. The van der Waals surface area contributed by atoms with Crippen LogP contribution >= 0.6 is 11.3 Å². The molecule has 1 aromatic heterocycles. The molecule has 0 spiro atoms. The van der Waals surface area contributed by atoms with Crippen LogP contribution < -0.4 is 15.5 Å². The lowest BCUT2D eigenvalue weighted by molar-refractivity contribution is 0.0960. The largest absolute Gasteiger partial charge is 0.497 e. The van der Waals surface area contributed by atoms with Crippen molar-refractivity contribution in [2.24, 2.45) is 5.10 Å². The van der Waals surface area contributed by atoms with Crippen molar-refractivity contribution in [3.8, 4) is 5.75 Å². The molecule has 3 aromatic rings. The molecule has 0 bridgehead atoms. The molecule has 202 valence electrons. The van der Waals surface area contributed by atoms with Gasteiger partial charge in [0.2, 0.25) is 0 Å². The summed E-state index contributed by atoms with van der Waals surface area (Å²) in [5.74, 6) is 0.107. The van der Waals surface area contributed by atoms with Crippen LogP contribution in [0.25, 0.3) is 0 Å². The number of thiophene rings is 1. The number of likely N-dealkylation sites (N-methyl/N-ethyl adjacent to an activating group) is 2. The van der Waals surface area contributed by atoms with Gasteiger partial charge in [-0.05, 0) is 85.5 Å². The molecule has 2 amide bonds. The van der Waals surface area contributed by atoms with E-state index in [1.807, 2.05) is 54.8 Å². The molecule has 2 N–H and O–H groups in total. The van der Waals surface area contributed by atoms with E-state index in [4.69, 9.17) is 4.74 Å². The number of nitrogens with zero attached hydrogens (tertiary/aromatic N) is 3. The minimum atomic E-state index is -0.383. The van der Waals surface area contributed by atoms with Gasteiger partial charge in [0.05, 0.1) is 19.0 Å². The molecule has 0 saturated carbocycles. The zero-order valence-electron chi connectivity index (χ0n) is 22.8. The lowest BCUT2D eigenvalue weighted by Gasteiger charge is -2.23. The summed E-state index contributed by atoms with van der Waals surface area (Å²) in [6.45, 7) is 11.0. The Hall–Kier alpha value is -3.53. The van der Waals surface area contributed by atoms with Crippen LogP contribution in [-0.2, 0) is 6.54 Å². The number of rotatable bonds is 13. The van der Waals surface area contributed by atoms with Gasteiger partial charge in [0.15, 0.2) is 0 Å². The Morgan fingerprint density at radius 1 is 1.05 bits per heavy atom. The van der Waals surface area contributed by atoms with Crippen LogP contribution in [0.3, 0.4) is 0 Å². The summed E-state index contributed by atoms with van der Waals surface area (Å²) in [7, 11) is 3.69. The molecule has 2 aromatic carbocycles. The van der Waals surface area contributed by atoms with Gasteiger partial charge in [-0.15, -0.1) is 11.3 Å². The third-order valence-electron chi connectivity index (χ3n) is 6.25. The number of nitrogens with one attached hydrogen (secondary N) is 2. The van der Waals surface area contributed by atoms with E-state index in [9.17, 15) is 9.59 Å². The van der Waals surface area contributed by atoms with E-state index in [2.05, 4.69) is 46.5 Å². The van der Waals surface area contributed by atoms with Crippen LogP contribution in [0.4, 0.5) is 5.69 Å². The average molecular weight is 536 g/mol. The summed E-state index contributed by atoms with van der Waals surface area (Å²) >= 11 is 1.27. The van der Waals surface area contributed by atoms with Crippen LogP contribution in [0.15, 0.2) is 59.0 Å². The highest BCUT2D eigenvalue weighted by Gasteiger charge is 2.19. The molecular formula is C29H37N5O3S. The highest BCUT2D eigenvalue weighted by molar-refractivity contribution is 7.13. The topological polar surface area (TPSA) is 86.3 Å². The number of hydrogen-bond donors (Lipinski definition) is 2. The zero-order chi connectivity index (χ0) is 27.5. The minimum Gasteiger partial charge on any atom is -0.497 e. The van der Waals surface area contributed by atoms with Crippen LogP contribution in [-0.4, -0.2) is 68.2 Å². The van der Waals surface area contributed by atoms with Crippen molar-refractivity contribution in [2.45, 2.75) is 27.3 Å². The summed E-state index contributed by atoms with van der Waals surface area (Å²) in [6.07, 6.45) is 1.56. The van der Waals surface area contributed by atoms with Crippen LogP contribution in [0.2, 0.25) is 0 Å². The van der Waals surface area contributed by atoms with Gasteiger partial charge in [-0.3, -0.25) is 9.59 Å². The van der Waals surface area contributed by atoms with Gasteiger partial charge in [-0.25, -0.2) is 5.43 Å². The lowest BCUT2D eigenvalue weighted by Crippen LogP contribution is -2.32. The van der Waals surface area contributed by atoms with Crippen molar-refractivity contribution < 1.29 is 14.3 Å². The molecule has 0 aliphatic rings. The first-order valence-corrected chi connectivity index (χ1v) is 13.6. The number of ether oxygens (including phenoxy) is 1. The van der Waals surface area contributed by atoms with Gasteiger partial charge in [0.25, 0.3) is 11.8 Å². The van der Waals surface area contributed by atoms with E-state index in [-0.39, 0.29) is 11.8 Å². The predicted molar refractivity (Wildman–Crippen MR) is 156 cm³/mol. The number of benzene rings is 2. The normalized spacial score (nSPS) is 11.3. The smallest absolute Gasteiger partial charge is 0.283 e. The third kappa shape index (κ3) is 8.24. The van der Waals surface area contributed by atoms with E-state index in [0.29, 0.717) is 16.1 Å². The molecule has 9 heteroatoms. The Balaban J connectivity index is 1.62. The minimum absolute atomic E-state index is 0.255. The molecule has 38 heavy (non-hydrogen) atoms. The number of hydrogen-bond acceptors (Lipinski definition) is 7. The Labute approximate surface area is 229 Å². The number of aryl methyl sites for hydroxylation is 1. The first-order valence-electron chi connectivity index (χ1n) is 12.7. The molecule has 0 saturated heterocycles. The standard InChI is InChI=1S/C29H37N5O3S/c1-6-34(7-2)16-15-33(4)19-23-9-8-10-24(17-23)28(35)31-26-21(3)20-38-27(26)29(36)32-30-18-22-11-13-25(37-5)14-12-22/h8-14,17-18,20H,6-7,15-16,19H2,1-5H3,(H,31,35)(H,32,36). The molecule has 0 atom stereocenters. The first-order chi connectivity index (χ1) is 18.3. The maximum Gasteiger partial charge on any atom is 0.283 e. The van der Waals surface area contributed by atoms with Crippen LogP contribution in [0.1, 0.15) is 50.6 Å². The molecule has 0 unspecified atom stereocenters. The molecule has 3 rings (SSSR count). The van der Waals surface area contributed by atoms with Crippen molar-refractivity contribution >= 4 is 35.1 Å². The van der Waals surface area contributed by atoms with Gasteiger partial charge < -0.3 is 19.9 Å². The monoisotopic (exact) mass is 535 g/mol. The summed E-state index contributed by atoms with van der Waals surface area (Å²) in [5, 5.41) is 8.84. The fraction of sp³-hybridized carbons (Fsp3) is 0.345. The highest BCUT2D eigenvalue weighted by atomic mass is 32.1. The van der Waals surface area contributed by atoms with Crippen molar-refractivity contribution in [1.29, 1.82) is 0 Å². The van der Waals surface area contributed by atoms with Crippen molar-refractivity contribution in [1.82, 2.24) is 15.2 Å². The Morgan fingerprint density at radius 3 is 2.47 bits per heavy atom. The maximum absolute atomic E-state index is 13.1. The maximum atomic E-state index is 13.1. The second kappa shape index (κ2) is 14.4. The average Bonchev–Trinajstić information content (AvgIpc) is 3.29. The van der Waals surface area contributed by atoms with Crippen LogP contribution in [0.5, 0.6) is 5.75 Å². The summed E-state index contributed by atoms with van der Waals surface area (Å²) in [6, 6.07) is 14.9. The predicted octanol–water partition coefficient (Wildman–Crippen LogP) is 4.85. The van der Waals surface area contributed by atoms with Crippen molar-refractivity contribution in [3.63, 3.8) is 0 Å². The van der Waals surface area contributed by atoms with Gasteiger partial charge in [0, 0.05) is 25.2 Å². The van der Waals surface area contributed by atoms with Gasteiger partial charge >= 0.3 is 0 Å². The number of hydrazone groups is 1. The molecule has 0 radical (unpaired) electrons. The summed E-state index contributed by atoms with van der Waals surface area (Å²) < 4.78 is 5.15. The first kappa shape index (κ1) is 29.0. The summed E-state index contributed by atoms with van der Waals surface area (Å²) in [5.41, 5.74) is 6.30. The quantitative estimate of drug-likeness (QED) is 0.241. The van der Waals surface area contributed by atoms with Gasteiger partial charge in [-0.1, -0.05) is 26.0 Å². The lowest BCUT2D eigenvalue weighted by atomic mass is 10.1. The van der Waals surface area contributed by atoms with Crippen molar-refractivity contribution in [2.75, 3.05) is 45.7 Å². The van der Waals surface area contributed by atoms with Gasteiger partial charge in [-0.2, -0.15) is 5.10 Å². The highest BCUT2D eigenvalue weighted by Crippen LogP contribution is 2.28. The molecule has 8 nitrogen and oxygen atoms in total. The van der Waals surface area contributed by atoms with Gasteiger partial charge in [0.1, 0.15) is 10.6 Å². The van der Waals surface area contributed by atoms with E-state index in [1.165, 1.54) is 11.3 Å². The molecule has 0 aliphatic carbocycles. The number of methoxy groups -OCH3 is 1. The fourth-order valence-electron chi connectivity index (χ4n) is 3.91. The SMILES string of the molecule is CCN(CC)CCN(C)Cc1cccc(C(=O)Nc2c(C)csc2C(=O)NN=Cc2ccc(OC)cc2)c1. The second-order valence-corrected chi connectivity index (χ2v) is 9.89.